The van der Waals surface area contributed by atoms with Gasteiger partial charge in [-0.05, 0) is 61.5 Å². The topological polar surface area (TPSA) is 77.0 Å². The molecule has 0 aliphatic rings. The Hall–Kier alpha value is -3.01. The van der Waals surface area contributed by atoms with E-state index in [0.29, 0.717) is 27.2 Å². The maximum atomic E-state index is 13.2. The Morgan fingerprint density at radius 2 is 1.94 bits per heavy atom. The van der Waals surface area contributed by atoms with Crippen LogP contribution >= 0.6 is 34.7 Å². The molecular weight excluding hydrogens is 483 g/mol. The van der Waals surface area contributed by atoms with Crippen molar-refractivity contribution in [3.05, 3.63) is 71.1 Å². The van der Waals surface area contributed by atoms with Crippen molar-refractivity contribution in [1.82, 2.24) is 15.2 Å². The summed E-state index contributed by atoms with van der Waals surface area (Å²) in [6, 6.07) is 14.9. The Kier molecular flexibility index (Phi) is 7.22. The second kappa shape index (κ2) is 10.3. The summed E-state index contributed by atoms with van der Waals surface area (Å²) in [5.41, 5.74) is 2.87. The number of nitrogens with zero attached hydrogens (tertiary/aromatic N) is 3. The minimum absolute atomic E-state index is 0.151. The standard InChI is InChI=1S/C23H18ClFN4O2S2/c1-13-22(33-23(26-13)14-3-6-16(25)7-4-14)17-8-10-21(29-28-17)32-12-20(30)27-18-11-15(24)5-9-19(18)31-2/h3-11H,12H2,1-2H3,(H,27,30). The van der Waals surface area contributed by atoms with Crippen LogP contribution in [0.25, 0.3) is 21.1 Å². The Labute approximate surface area is 203 Å². The van der Waals surface area contributed by atoms with Crippen LogP contribution in [0.1, 0.15) is 5.69 Å². The van der Waals surface area contributed by atoms with Crippen LogP contribution in [-0.2, 0) is 4.79 Å². The van der Waals surface area contributed by atoms with Crippen LogP contribution in [-0.4, -0.2) is 34.0 Å². The van der Waals surface area contributed by atoms with Gasteiger partial charge in [0.25, 0.3) is 0 Å². The van der Waals surface area contributed by atoms with Crippen molar-refractivity contribution in [2.75, 3.05) is 18.2 Å². The molecule has 0 fully saturated rings. The third-order valence-corrected chi connectivity index (χ3v) is 6.93. The number of carbonyl (C=O) groups is 1. The van der Waals surface area contributed by atoms with Gasteiger partial charge >= 0.3 is 0 Å². The van der Waals surface area contributed by atoms with Crippen LogP contribution in [0.2, 0.25) is 5.02 Å². The lowest BCUT2D eigenvalue weighted by Crippen LogP contribution is -2.14. The van der Waals surface area contributed by atoms with E-state index in [4.69, 9.17) is 16.3 Å². The molecule has 1 N–H and O–H groups in total. The van der Waals surface area contributed by atoms with Crippen molar-refractivity contribution < 1.29 is 13.9 Å². The summed E-state index contributed by atoms with van der Waals surface area (Å²) in [4.78, 5) is 17.8. The highest BCUT2D eigenvalue weighted by atomic mass is 35.5. The normalized spacial score (nSPS) is 10.8. The molecule has 2 heterocycles. The number of thiazole rings is 1. The van der Waals surface area contributed by atoms with Crippen molar-refractivity contribution >= 4 is 46.3 Å². The summed E-state index contributed by atoms with van der Waals surface area (Å²) >= 11 is 8.74. The van der Waals surface area contributed by atoms with E-state index in [2.05, 4.69) is 20.5 Å². The van der Waals surface area contributed by atoms with Crippen LogP contribution in [0.4, 0.5) is 10.1 Å². The van der Waals surface area contributed by atoms with Gasteiger partial charge in [-0.15, -0.1) is 21.5 Å². The lowest BCUT2D eigenvalue weighted by Gasteiger charge is -2.10. The molecule has 2 aromatic carbocycles. The molecule has 2 aromatic heterocycles. The number of hydrogen-bond acceptors (Lipinski definition) is 7. The first-order valence-corrected chi connectivity index (χ1v) is 11.9. The van der Waals surface area contributed by atoms with E-state index in [1.54, 1.807) is 30.3 Å². The monoisotopic (exact) mass is 500 g/mol. The number of nitrogens with one attached hydrogen (secondary N) is 1. The molecule has 0 bridgehead atoms. The van der Waals surface area contributed by atoms with E-state index in [0.717, 1.165) is 21.1 Å². The van der Waals surface area contributed by atoms with Crippen molar-refractivity contribution in [2.45, 2.75) is 11.9 Å². The van der Waals surface area contributed by atoms with Gasteiger partial charge in [-0.1, -0.05) is 23.4 Å². The van der Waals surface area contributed by atoms with E-state index in [-0.39, 0.29) is 17.5 Å². The second-order valence-electron chi connectivity index (χ2n) is 6.88. The molecule has 168 valence electrons. The molecule has 0 radical (unpaired) electrons. The molecule has 0 aliphatic heterocycles. The number of amides is 1. The fraction of sp³-hybridized carbons (Fsp3) is 0.130. The summed E-state index contributed by atoms with van der Waals surface area (Å²) in [6.07, 6.45) is 0. The zero-order valence-corrected chi connectivity index (χ0v) is 20.0. The van der Waals surface area contributed by atoms with Gasteiger partial charge in [-0.25, -0.2) is 9.37 Å². The Morgan fingerprint density at radius 1 is 1.15 bits per heavy atom. The molecule has 0 spiro atoms. The minimum atomic E-state index is -0.286. The number of halogens is 2. The van der Waals surface area contributed by atoms with Gasteiger partial charge in [0.05, 0.1) is 29.1 Å². The lowest BCUT2D eigenvalue weighted by molar-refractivity contribution is -0.113. The molecule has 0 saturated carbocycles. The van der Waals surface area contributed by atoms with Crippen LogP contribution < -0.4 is 10.1 Å². The second-order valence-corrected chi connectivity index (χ2v) is 9.31. The number of thioether (sulfide) groups is 1. The van der Waals surface area contributed by atoms with E-state index < -0.39 is 0 Å². The first kappa shape index (κ1) is 23.2. The van der Waals surface area contributed by atoms with Gasteiger partial charge < -0.3 is 10.1 Å². The number of ether oxygens (including phenoxy) is 1. The van der Waals surface area contributed by atoms with Crippen LogP contribution in [0.15, 0.2) is 59.6 Å². The zero-order valence-electron chi connectivity index (χ0n) is 17.6. The Balaban J connectivity index is 1.40. The number of rotatable bonds is 7. The van der Waals surface area contributed by atoms with Gasteiger partial charge in [0.2, 0.25) is 5.91 Å². The van der Waals surface area contributed by atoms with E-state index in [9.17, 15) is 9.18 Å². The number of benzene rings is 2. The van der Waals surface area contributed by atoms with Crippen LogP contribution in [0.3, 0.4) is 0 Å². The minimum Gasteiger partial charge on any atom is -0.495 e. The maximum Gasteiger partial charge on any atom is 0.234 e. The summed E-state index contributed by atoms with van der Waals surface area (Å²) in [6.45, 7) is 1.90. The summed E-state index contributed by atoms with van der Waals surface area (Å²) < 4.78 is 18.4. The van der Waals surface area contributed by atoms with Gasteiger partial charge in [0.15, 0.2) is 0 Å². The number of anilines is 1. The zero-order chi connectivity index (χ0) is 23.4. The average Bonchev–Trinajstić information content (AvgIpc) is 3.20. The number of methoxy groups -OCH3 is 1. The molecule has 10 heteroatoms. The number of aromatic nitrogens is 3. The molecule has 6 nitrogen and oxygen atoms in total. The quantitative estimate of drug-likeness (QED) is 0.309. The molecule has 0 atom stereocenters. The van der Waals surface area contributed by atoms with E-state index in [1.165, 1.54) is 42.3 Å². The molecule has 4 aromatic rings. The molecule has 0 saturated heterocycles. The first-order valence-electron chi connectivity index (χ1n) is 9.76. The van der Waals surface area contributed by atoms with Gasteiger partial charge in [0.1, 0.15) is 27.3 Å². The summed E-state index contributed by atoms with van der Waals surface area (Å²) in [5, 5.41) is 13.2. The fourth-order valence-corrected chi connectivity index (χ4v) is 4.79. The molecule has 33 heavy (non-hydrogen) atoms. The first-order chi connectivity index (χ1) is 15.9. The lowest BCUT2D eigenvalue weighted by atomic mass is 10.2. The summed E-state index contributed by atoms with van der Waals surface area (Å²) in [5.74, 6) is 0.181. The smallest absolute Gasteiger partial charge is 0.234 e. The number of carbonyl (C=O) groups excluding carboxylic acids is 1. The van der Waals surface area contributed by atoms with Crippen molar-refractivity contribution in [2.24, 2.45) is 0 Å². The third-order valence-electron chi connectivity index (χ3n) is 4.55. The van der Waals surface area contributed by atoms with Gasteiger partial charge in [-0.3, -0.25) is 4.79 Å². The number of hydrogen-bond donors (Lipinski definition) is 1. The number of aryl methyl sites for hydroxylation is 1. The SMILES string of the molecule is COc1ccc(Cl)cc1NC(=O)CSc1ccc(-c2sc(-c3ccc(F)cc3)nc2C)nn1. The summed E-state index contributed by atoms with van der Waals surface area (Å²) in [7, 11) is 1.53. The van der Waals surface area contributed by atoms with Crippen molar-refractivity contribution in [1.29, 1.82) is 0 Å². The van der Waals surface area contributed by atoms with E-state index in [1.807, 2.05) is 19.1 Å². The molecule has 0 aliphatic carbocycles. The Morgan fingerprint density at radius 3 is 2.64 bits per heavy atom. The highest BCUT2D eigenvalue weighted by Gasteiger charge is 2.14. The van der Waals surface area contributed by atoms with Crippen molar-refractivity contribution in [3.63, 3.8) is 0 Å². The van der Waals surface area contributed by atoms with Gasteiger partial charge in [-0.2, -0.15) is 0 Å². The van der Waals surface area contributed by atoms with Crippen molar-refractivity contribution in [3.8, 4) is 26.9 Å². The highest BCUT2D eigenvalue weighted by Crippen LogP contribution is 2.34. The fourth-order valence-electron chi connectivity index (χ4n) is 2.97. The van der Waals surface area contributed by atoms with Crippen LogP contribution in [0.5, 0.6) is 5.75 Å². The average molecular weight is 501 g/mol. The highest BCUT2D eigenvalue weighted by molar-refractivity contribution is 7.99. The van der Waals surface area contributed by atoms with Gasteiger partial charge in [0, 0.05) is 10.6 Å². The third kappa shape index (κ3) is 5.68. The Bertz CT molecular complexity index is 1280. The molecule has 0 unspecified atom stereocenters. The predicted octanol–water partition coefficient (Wildman–Crippen LogP) is 6.11. The molecule has 1 amide bonds. The molecule has 4 rings (SSSR count). The van der Waals surface area contributed by atoms with Crippen LogP contribution in [0, 0.1) is 12.7 Å². The van der Waals surface area contributed by atoms with E-state index >= 15 is 0 Å². The molecular formula is C23H18ClFN4O2S2. The largest absolute Gasteiger partial charge is 0.495 e. The predicted molar refractivity (Wildman–Crippen MR) is 131 cm³/mol. The maximum absolute atomic E-state index is 13.2.